The van der Waals surface area contributed by atoms with Gasteiger partial charge in [-0.05, 0) is 38.4 Å². The van der Waals surface area contributed by atoms with Gasteiger partial charge < -0.3 is 9.80 Å². The number of carbonyl (C=O) groups excluding carboxylic acids is 2. The van der Waals surface area contributed by atoms with Crippen LogP contribution in [0.25, 0.3) is 0 Å². The minimum absolute atomic E-state index is 0.0356. The molecule has 3 heterocycles. The van der Waals surface area contributed by atoms with E-state index in [1.54, 1.807) is 12.4 Å². The summed E-state index contributed by atoms with van der Waals surface area (Å²) in [6, 6.07) is 0. The molecule has 0 radical (unpaired) electrons. The van der Waals surface area contributed by atoms with Crippen LogP contribution in [-0.2, 0) is 4.79 Å². The summed E-state index contributed by atoms with van der Waals surface area (Å²) >= 11 is 1.45. The van der Waals surface area contributed by atoms with Gasteiger partial charge in [0.2, 0.25) is 5.91 Å². The van der Waals surface area contributed by atoms with Crippen molar-refractivity contribution < 1.29 is 9.59 Å². The quantitative estimate of drug-likeness (QED) is 0.618. The van der Waals surface area contributed by atoms with Crippen LogP contribution in [0.2, 0.25) is 0 Å². The zero-order valence-electron chi connectivity index (χ0n) is 14.1. The summed E-state index contributed by atoms with van der Waals surface area (Å²) in [5, 5.41) is 0.664. The van der Waals surface area contributed by atoms with Crippen molar-refractivity contribution in [3.05, 3.63) is 18.0 Å². The van der Waals surface area contributed by atoms with Gasteiger partial charge in [-0.2, -0.15) is 0 Å². The molecule has 3 rings (SSSR count). The monoisotopic (exact) mass is 348 g/mol. The Morgan fingerprint density at radius 3 is 2.21 bits per heavy atom. The highest BCUT2D eigenvalue weighted by Gasteiger charge is 2.31. The molecular formula is C17H24N4O2S. The van der Waals surface area contributed by atoms with Crippen molar-refractivity contribution in [1.29, 1.82) is 0 Å². The molecule has 0 N–H and O–H groups in total. The molecule has 0 bridgehead atoms. The van der Waals surface area contributed by atoms with Gasteiger partial charge >= 0.3 is 0 Å². The van der Waals surface area contributed by atoms with E-state index >= 15 is 0 Å². The number of nitrogens with zero attached hydrogens (tertiary/aromatic N) is 4. The molecule has 0 aromatic carbocycles. The van der Waals surface area contributed by atoms with Crippen molar-refractivity contribution >= 4 is 23.6 Å². The summed E-state index contributed by atoms with van der Waals surface area (Å²) in [6.45, 7) is 3.06. The van der Waals surface area contributed by atoms with Crippen LogP contribution < -0.4 is 0 Å². The number of thioether (sulfide) groups is 1. The van der Waals surface area contributed by atoms with Gasteiger partial charge in [-0.1, -0.05) is 11.8 Å². The zero-order valence-corrected chi connectivity index (χ0v) is 14.9. The van der Waals surface area contributed by atoms with Crippen LogP contribution in [0.1, 0.15) is 42.5 Å². The molecule has 1 aromatic heterocycles. The highest BCUT2D eigenvalue weighted by molar-refractivity contribution is 7.98. The van der Waals surface area contributed by atoms with Gasteiger partial charge in [0.1, 0.15) is 0 Å². The van der Waals surface area contributed by atoms with Gasteiger partial charge in [-0.15, -0.1) is 0 Å². The summed E-state index contributed by atoms with van der Waals surface area (Å²) in [7, 11) is 0. The van der Waals surface area contributed by atoms with Crippen molar-refractivity contribution in [2.75, 3.05) is 32.4 Å². The maximum Gasteiger partial charge on any atom is 0.256 e. The van der Waals surface area contributed by atoms with E-state index < -0.39 is 0 Å². The summed E-state index contributed by atoms with van der Waals surface area (Å²) in [5.41, 5.74) is 0.522. The Kier molecular flexibility index (Phi) is 5.71. The Morgan fingerprint density at radius 2 is 1.62 bits per heavy atom. The Balaban J connectivity index is 1.54. The lowest BCUT2D eigenvalue weighted by atomic mass is 9.94. The molecule has 2 fully saturated rings. The number of piperidine rings is 2. The van der Waals surface area contributed by atoms with E-state index in [4.69, 9.17) is 0 Å². The molecule has 130 valence electrons. The highest BCUT2D eigenvalue weighted by atomic mass is 32.2. The van der Waals surface area contributed by atoms with E-state index in [0.29, 0.717) is 23.8 Å². The third kappa shape index (κ3) is 3.88. The number of aromatic nitrogens is 2. The first kappa shape index (κ1) is 17.2. The molecule has 0 atom stereocenters. The molecule has 24 heavy (non-hydrogen) atoms. The van der Waals surface area contributed by atoms with Crippen LogP contribution in [0.15, 0.2) is 17.6 Å². The largest absolute Gasteiger partial charge is 0.342 e. The van der Waals surface area contributed by atoms with Crippen molar-refractivity contribution in [1.82, 2.24) is 19.8 Å². The van der Waals surface area contributed by atoms with Crippen molar-refractivity contribution in [3.8, 4) is 0 Å². The minimum atomic E-state index is -0.0356. The lowest BCUT2D eigenvalue weighted by Gasteiger charge is -2.35. The highest BCUT2D eigenvalue weighted by Crippen LogP contribution is 2.23. The molecule has 0 aliphatic carbocycles. The number of likely N-dealkylation sites (tertiary alicyclic amines) is 2. The second-order valence-electron chi connectivity index (χ2n) is 6.41. The van der Waals surface area contributed by atoms with Gasteiger partial charge in [0.05, 0.1) is 5.56 Å². The van der Waals surface area contributed by atoms with Crippen molar-refractivity contribution in [2.45, 2.75) is 37.3 Å². The second kappa shape index (κ2) is 7.96. The molecular weight excluding hydrogens is 324 g/mol. The third-order valence-corrected chi connectivity index (χ3v) is 5.43. The van der Waals surface area contributed by atoms with Gasteiger partial charge in [0.25, 0.3) is 5.91 Å². The first-order valence-electron chi connectivity index (χ1n) is 8.63. The lowest BCUT2D eigenvalue weighted by Crippen LogP contribution is -2.45. The van der Waals surface area contributed by atoms with E-state index in [2.05, 4.69) is 9.97 Å². The van der Waals surface area contributed by atoms with Crippen molar-refractivity contribution in [3.63, 3.8) is 0 Å². The maximum absolute atomic E-state index is 12.6. The van der Waals surface area contributed by atoms with E-state index in [0.717, 1.165) is 38.8 Å². The molecule has 7 heteroatoms. The van der Waals surface area contributed by atoms with E-state index in [1.807, 2.05) is 16.1 Å². The molecule has 0 spiro atoms. The van der Waals surface area contributed by atoms with E-state index in [-0.39, 0.29) is 17.7 Å². The van der Waals surface area contributed by atoms with E-state index in [1.165, 1.54) is 18.2 Å². The number of amides is 2. The average molecular weight is 348 g/mol. The zero-order chi connectivity index (χ0) is 16.9. The average Bonchev–Trinajstić information content (AvgIpc) is 2.68. The summed E-state index contributed by atoms with van der Waals surface area (Å²) in [6.07, 6.45) is 10.1. The first-order chi connectivity index (χ1) is 11.7. The lowest BCUT2D eigenvalue weighted by molar-refractivity contribution is -0.137. The number of carbonyl (C=O) groups is 2. The standard InChI is InChI=1S/C17H24N4O2S/c1-24-17-18-11-14(12-19-17)16(23)21-9-5-13(6-10-21)15(22)20-7-3-2-4-8-20/h11-13H,2-10H2,1H3. The van der Waals surface area contributed by atoms with Crippen LogP contribution in [0.5, 0.6) is 0 Å². The number of hydrogen-bond donors (Lipinski definition) is 0. The topological polar surface area (TPSA) is 66.4 Å². The smallest absolute Gasteiger partial charge is 0.256 e. The van der Waals surface area contributed by atoms with E-state index in [9.17, 15) is 9.59 Å². The van der Waals surface area contributed by atoms with Gasteiger partial charge in [0.15, 0.2) is 5.16 Å². The number of rotatable bonds is 3. The molecule has 2 amide bonds. The molecule has 2 aliphatic heterocycles. The molecule has 2 aliphatic rings. The van der Waals surface area contributed by atoms with Gasteiger partial charge in [-0.3, -0.25) is 9.59 Å². The summed E-state index contributed by atoms with van der Waals surface area (Å²) < 4.78 is 0. The second-order valence-corrected chi connectivity index (χ2v) is 7.18. The van der Waals surface area contributed by atoms with Crippen LogP contribution in [-0.4, -0.2) is 64.0 Å². The van der Waals surface area contributed by atoms with Crippen LogP contribution in [0.3, 0.4) is 0 Å². The fraction of sp³-hybridized carbons (Fsp3) is 0.647. The molecule has 2 saturated heterocycles. The fourth-order valence-electron chi connectivity index (χ4n) is 3.42. The normalized spacial score (nSPS) is 19.4. The van der Waals surface area contributed by atoms with Gasteiger partial charge in [0, 0.05) is 44.5 Å². The third-order valence-electron chi connectivity index (χ3n) is 4.86. The number of hydrogen-bond acceptors (Lipinski definition) is 5. The Labute approximate surface area is 147 Å². The first-order valence-corrected chi connectivity index (χ1v) is 9.85. The van der Waals surface area contributed by atoms with Gasteiger partial charge in [-0.25, -0.2) is 9.97 Å². The predicted molar refractivity (Wildman–Crippen MR) is 92.9 cm³/mol. The van der Waals surface area contributed by atoms with Crippen LogP contribution in [0, 0.1) is 5.92 Å². The molecule has 1 aromatic rings. The van der Waals surface area contributed by atoms with Crippen LogP contribution >= 0.6 is 11.8 Å². The Morgan fingerprint density at radius 1 is 1.00 bits per heavy atom. The Hall–Kier alpha value is -1.63. The maximum atomic E-state index is 12.6. The fourth-order valence-corrected chi connectivity index (χ4v) is 3.73. The predicted octanol–water partition coefficient (Wildman–Crippen LogP) is 2.06. The Bertz CT molecular complexity index is 579. The SMILES string of the molecule is CSc1ncc(C(=O)N2CCC(C(=O)N3CCCCC3)CC2)cn1. The van der Waals surface area contributed by atoms with Crippen molar-refractivity contribution in [2.24, 2.45) is 5.92 Å². The molecule has 0 unspecified atom stereocenters. The summed E-state index contributed by atoms with van der Waals surface area (Å²) in [5.74, 6) is 0.322. The molecule has 0 saturated carbocycles. The minimum Gasteiger partial charge on any atom is -0.342 e. The molecule has 6 nitrogen and oxygen atoms in total. The summed E-state index contributed by atoms with van der Waals surface area (Å²) in [4.78, 5) is 37.2. The van der Waals surface area contributed by atoms with Crippen LogP contribution in [0.4, 0.5) is 0 Å².